The van der Waals surface area contributed by atoms with Gasteiger partial charge < -0.3 is 10.0 Å². The highest BCUT2D eigenvalue weighted by atomic mass is 32.2. The van der Waals surface area contributed by atoms with Crippen LogP contribution in [0.1, 0.15) is 26.7 Å². The number of aliphatic carboxylic acids is 1. The van der Waals surface area contributed by atoms with E-state index in [0.717, 1.165) is 17.9 Å². The summed E-state index contributed by atoms with van der Waals surface area (Å²) in [7, 11) is 0. The molecular weight excluding hydrogens is 226 g/mol. The fourth-order valence-electron chi connectivity index (χ4n) is 2.01. The normalized spacial score (nSPS) is 21.8. The van der Waals surface area contributed by atoms with Gasteiger partial charge in [-0.2, -0.15) is 11.8 Å². The van der Waals surface area contributed by atoms with Crippen molar-refractivity contribution in [3.05, 3.63) is 0 Å². The van der Waals surface area contributed by atoms with E-state index in [4.69, 9.17) is 5.11 Å². The predicted octanol–water partition coefficient (Wildman–Crippen LogP) is 1.45. The lowest BCUT2D eigenvalue weighted by molar-refractivity contribution is -0.141. The SMILES string of the molecule is CCN(C(=O)C1CCSC1)C(C)CC(=O)O. The summed E-state index contributed by atoms with van der Waals surface area (Å²) in [5, 5.41) is 8.73. The van der Waals surface area contributed by atoms with E-state index in [1.54, 1.807) is 23.6 Å². The van der Waals surface area contributed by atoms with Crippen molar-refractivity contribution in [3.63, 3.8) is 0 Å². The maximum absolute atomic E-state index is 12.1. The van der Waals surface area contributed by atoms with Crippen molar-refractivity contribution in [2.45, 2.75) is 32.7 Å². The zero-order valence-corrected chi connectivity index (χ0v) is 10.6. The molecule has 1 fully saturated rings. The van der Waals surface area contributed by atoms with Crippen LogP contribution in [0.4, 0.5) is 0 Å². The van der Waals surface area contributed by atoms with Gasteiger partial charge >= 0.3 is 5.97 Å². The van der Waals surface area contributed by atoms with Crippen LogP contribution in [0.5, 0.6) is 0 Å². The minimum atomic E-state index is -0.848. The van der Waals surface area contributed by atoms with Gasteiger partial charge in [0.05, 0.1) is 6.42 Å². The summed E-state index contributed by atoms with van der Waals surface area (Å²) in [5.74, 6) is 1.30. The third kappa shape index (κ3) is 3.40. The molecule has 4 nitrogen and oxygen atoms in total. The Morgan fingerprint density at radius 2 is 2.25 bits per heavy atom. The van der Waals surface area contributed by atoms with Gasteiger partial charge in [-0.05, 0) is 26.0 Å². The van der Waals surface area contributed by atoms with Crippen LogP contribution in [-0.2, 0) is 9.59 Å². The molecule has 0 radical (unpaired) electrons. The van der Waals surface area contributed by atoms with Crippen molar-refractivity contribution < 1.29 is 14.7 Å². The second-order valence-corrected chi connectivity index (χ2v) is 5.28. The van der Waals surface area contributed by atoms with Gasteiger partial charge in [-0.3, -0.25) is 9.59 Å². The molecule has 0 aromatic heterocycles. The third-order valence-corrected chi connectivity index (χ3v) is 4.07. The Kier molecular flexibility index (Phi) is 5.12. The summed E-state index contributed by atoms with van der Waals surface area (Å²) in [5.41, 5.74) is 0. The number of hydrogen-bond acceptors (Lipinski definition) is 3. The lowest BCUT2D eigenvalue weighted by Crippen LogP contribution is -2.43. The van der Waals surface area contributed by atoms with Crippen LogP contribution in [-0.4, -0.2) is 46.0 Å². The van der Waals surface area contributed by atoms with Gasteiger partial charge in [-0.1, -0.05) is 0 Å². The molecule has 0 aromatic carbocycles. The van der Waals surface area contributed by atoms with E-state index >= 15 is 0 Å². The largest absolute Gasteiger partial charge is 0.481 e. The van der Waals surface area contributed by atoms with Crippen molar-refractivity contribution >= 4 is 23.6 Å². The number of carbonyl (C=O) groups excluding carboxylic acids is 1. The number of carbonyl (C=O) groups is 2. The second kappa shape index (κ2) is 6.13. The van der Waals surface area contributed by atoms with Gasteiger partial charge in [-0.25, -0.2) is 0 Å². The number of thioether (sulfide) groups is 1. The van der Waals surface area contributed by atoms with Crippen LogP contribution in [0.15, 0.2) is 0 Å². The van der Waals surface area contributed by atoms with Gasteiger partial charge in [0.25, 0.3) is 0 Å². The van der Waals surface area contributed by atoms with Crippen molar-refractivity contribution in [1.29, 1.82) is 0 Å². The van der Waals surface area contributed by atoms with Crippen LogP contribution < -0.4 is 0 Å². The van der Waals surface area contributed by atoms with Gasteiger partial charge in [0, 0.05) is 24.3 Å². The molecule has 92 valence electrons. The average molecular weight is 245 g/mol. The highest BCUT2D eigenvalue weighted by Gasteiger charge is 2.29. The molecule has 2 atom stereocenters. The predicted molar refractivity (Wildman–Crippen MR) is 64.5 cm³/mol. The maximum atomic E-state index is 12.1. The molecule has 1 heterocycles. The lowest BCUT2D eigenvalue weighted by Gasteiger charge is -2.29. The maximum Gasteiger partial charge on any atom is 0.305 e. The number of rotatable bonds is 5. The van der Waals surface area contributed by atoms with Crippen molar-refractivity contribution in [2.24, 2.45) is 5.92 Å². The smallest absolute Gasteiger partial charge is 0.305 e. The van der Waals surface area contributed by atoms with Gasteiger partial charge in [-0.15, -0.1) is 0 Å². The lowest BCUT2D eigenvalue weighted by atomic mass is 10.1. The third-order valence-electron chi connectivity index (χ3n) is 2.90. The number of amides is 1. The summed E-state index contributed by atoms with van der Waals surface area (Å²) in [6, 6.07) is -0.208. The molecule has 0 bridgehead atoms. The van der Waals surface area contributed by atoms with E-state index < -0.39 is 5.97 Å². The topological polar surface area (TPSA) is 57.6 Å². The number of hydrogen-bond donors (Lipinski definition) is 1. The minimum Gasteiger partial charge on any atom is -0.481 e. The number of carboxylic acids is 1. The van der Waals surface area contributed by atoms with E-state index in [0.29, 0.717) is 6.54 Å². The standard InChI is InChI=1S/C11H19NO3S/c1-3-12(8(2)6-10(13)14)11(15)9-4-5-16-7-9/h8-9H,3-7H2,1-2H3,(H,13,14). The number of nitrogens with zero attached hydrogens (tertiary/aromatic N) is 1. The fourth-order valence-corrected chi connectivity index (χ4v) is 3.22. The van der Waals surface area contributed by atoms with Crippen LogP contribution in [0.25, 0.3) is 0 Å². The monoisotopic (exact) mass is 245 g/mol. The van der Waals surface area contributed by atoms with E-state index in [-0.39, 0.29) is 24.3 Å². The summed E-state index contributed by atoms with van der Waals surface area (Å²) < 4.78 is 0. The number of carboxylic acid groups (broad SMARTS) is 1. The molecule has 0 spiro atoms. The van der Waals surface area contributed by atoms with E-state index in [2.05, 4.69) is 0 Å². The Bertz CT molecular complexity index is 264. The van der Waals surface area contributed by atoms with Crippen molar-refractivity contribution in [2.75, 3.05) is 18.1 Å². The zero-order valence-electron chi connectivity index (χ0n) is 9.81. The molecule has 1 rings (SSSR count). The first-order valence-corrected chi connectivity index (χ1v) is 6.81. The Morgan fingerprint density at radius 1 is 1.56 bits per heavy atom. The molecule has 2 unspecified atom stereocenters. The molecule has 1 amide bonds. The van der Waals surface area contributed by atoms with Crippen molar-refractivity contribution in [3.8, 4) is 0 Å². The van der Waals surface area contributed by atoms with Crippen LogP contribution in [0, 0.1) is 5.92 Å². The zero-order chi connectivity index (χ0) is 12.1. The first-order chi connectivity index (χ1) is 7.56. The Hall–Kier alpha value is -0.710. The van der Waals surface area contributed by atoms with Crippen LogP contribution in [0.3, 0.4) is 0 Å². The molecule has 16 heavy (non-hydrogen) atoms. The second-order valence-electron chi connectivity index (χ2n) is 4.13. The quantitative estimate of drug-likeness (QED) is 0.796. The molecule has 1 N–H and O–H groups in total. The van der Waals surface area contributed by atoms with Gasteiger partial charge in [0.2, 0.25) is 5.91 Å². The Balaban J connectivity index is 2.57. The van der Waals surface area contributed by atoms with Gasteiger partial charge in [0.1, 0.15) is 0 Å². The first-order valence-electron chi connectivity index (χ1n) is 5.66. The van der Waals surface area contributed by atoms with Crippen LogP contribution >= 0.6 is 11.8 Å². The molecule has 1 saturated heterocycles. The fraction of sp³-hybridized carbons (Fsp3) is 0.818. The summed E-state index contributed by atoms with van der Waals surface area (Å²) in [4.78, 5) is 24.5. The molecular formula is C11H19NO3S. The molecule has 0 aromatic rings. The average Bonchev–Trinajstić information content (AvgIpc) is 2.69. The molecule has 1 aliphatic rings. The highest BCUT2D eigenvalue weighted by Crippen LogP contribution is 2.26. The molecule has 5 heteroatoms. The van der Waals surface area contributed by atoms with Gasteiger partial charge in [0.15, 0.2) is 0 Å². The van der Waals surface area contributed by atoms with E-state index in [1.165, 1.54) is 0 Å². The highest BCUT2D eigenvalue weighted by molar-refractivity contribution is 7.99. The first kappa shape index (κ1) is 13.4. The minimum absolute atomic E-state index is 0.0272. The van der Waals surface area contributed by atoms with Crippen LogP contribution in [0.2, 0.25) is 0 Å². The van der Waals surface area contributed by atoms with E-state index in [9.17, 15) is 9.59 Å². The molecule has 0 aliphatic carbocycles. The summed E-state index contributed by atoms with van der Waals surface area (Å²) >= 11 is 1.80. The molecule has 1 aliphatic heterocycles. The molecule has 0 saturated carbocycles. The van der Waals surface area contributed by atoms with E-state index in [1.807, 2.05) is 6.92 Å². The summed E-state index contributed by atoms with van der Waals surface area (Å²) in [6.45, 7) is 4.30. The Morgan fingerprint density at radius 3 is 2.69 bits per heavy atom. The van der Waals surface area contributed by atoms with Crippen molar-refractivity contribution in [1.82, 2.24) is 4.90 Å². The summed E-state index contributed by atoms with van der Waals surface area (Å²) in [6.07, 6.45) is 0.958. The Labute approximate surface area is 100 Å².